The van der Waals surface area contributed by atoms with Crippen molar-refractivity contribution in [1.82, 2.24) is 0 Å². The van der Waals surface area contributed by atoms with E-state index in [1.165, 1.54) is 0 Å². The minimum Gasteiger partial charge on any atom is -0.479 e. The molecule has 0 radical (unpaired) electrons. The van der Waals surface area contributed by atoms with Crippen molar-refractivity contribution < 1.29 is 38.1 Å². The van der Waals surface area contributed by atoms with E-state index in [1.807, 2.05) is 79.7 Å². The van der Waals surface area contributed by atoms with Gasteiger partial charge in [0.25, 0.3) is 0 Å². The van der Waals surface area contributed by atoms with Crippen LogP contribution in [0.4, 0.5) is 0 Å². The number of carbonyl (C=O) groups is 4. The molecule has 0 saturated carbocycles. The second-order valence-corrected chi connectivity index (χ2v) is 13.7. The van der Waals surface area contributed by atoms with Crippen molar-refractivity contribution in [3.05, 3.63) is 191 Å². The van der Waals surface area contributed by atoms with E-state index < -0.39 is 29.6 Å². The van der Waals surface area contributed by atoms with Gasteiger partial charge in [-0.1, -0.05) is 106 Å². The molecule has 6 aromatic carbocycles. The molecule has 2 atom stereocenters. The molecule has 0 amide bonds. The van der Waals surface area contributed by atoms with Crippen LogP contribution in [0.15, 0.2) is 158 Å². The van der Waals surface area contributed by atoms with Gasteiger partial charge in [0, 0.05) is 27.7 Å². The summed E-state index contributed by atoms with van der Waals surface area (Å²) in [6.45, 7) is 7.63. The minimum absolute atomic E-state index is 0.0954. The monoisotopic (exact) mass is 746 g/mol. The van der Waals surface area contributed by atoms with Crippen molar-refractivity contribution in [1.29, 1.82) is 0 Å². The van der Waals surface area contributed by atoms with Crippen molar-refractivity contribution in [2.75, 3.05) is 0 Å². The predicted molar refractivity (Wildman–Crippen MR) is 214 cm³/mol. The third-order valence-electron chi connectivity index (χ3n) is 9.45. The Morgan fingerprint density at radius 2 is 0.821 bits per heavy atom. The lowest BCUT2D eigenvalue weighted by Crippen LogP contribution is -2.31. The molecule has 0 aliphatic carbocycles. The van der Waals surface area contributed by atoms with Crippen LogP contribution in [-0.4, -0.2) is 35.7 Å². The maximum Gasteiger partial charge on any atom is 0.352 e. The highest BCUT2D eigenvalue weighted by atomic mass is 16.6. The average Bonchev–Trinajstić information content (AvgIpc) is 3.23. The van der Waals surface area contributed by atoms with Crippen molar-refractivity contribution in [3.8, 4) is 23.0 Å². The smallest absolute Gasteiger partial charge is 0.352 e. The molecular weight excluding hydrogens is 705 g/mol. The molecule has 0 aliphatic heterocycles. The average molecular weight is 747 g/mol. The van der Waals surface area contributed by atoms with Gasteiger partial charge in [-0.2, -0.15) is 0 Å². The SMILES string of the molecule is CCC(Oc1ccc(C(C)(C)c2ccc(OC(=O)C(C)Oc3ccc(C(=O)c4ccccc4)cc3)cc2)cc1)C(=O)Oc1ccc(C(=O)c2ccccc2)cc1. The summed E-state index contributed by atoms with van der Waals surface area (Å²) < 4.78 is 23.0. The van der Waals surface area contributed by atoms with Gasteiger partial charge in [0.2, 0.25) is 0 Å². The molecule has 0 aromatic heterocycles. The molecule has 0 saturated heterocycles. The molecule has 56 heavy (non-hydrogen) atoms. The molecule has 0 heterocycles. The van der Waals surface area contributed by atoms with Gasteiger partial charge in [-0.25, -0.2) is 9.59 Å². The number of esters is 2. The van der Waals surface area contributed by atoms with Crippen LogP contribution in [0.2, 0.25) is 0 Å². The maximum absolute atomic E-state index is 13.0. The Balaban J connectivity index is 1.00. The van der Waals surface area contributed by atoms with Gasteiger partial charge in [-0.05, 0) is 97.3 Å². The molecule has 8 heteroatoms. The van der Waals surface area contributed by atoms with Gasteiger partial charge in [-0.3, -0.25) is 9.59 Å². The first-order chi connectivity index (χ1) is 27.0. The Bertz CT molecular complexity index is 2260. The molecule has 0 aliphatic rings. The van der Waals surface area contributed by atoms with E-state index in [-0.39, 0.29) is 11.6 Å². The van der Waals surface area contributed by atoms with Gasteiger partial charge >= 0.3 is 11.9 Å². The molecule has 6 aromatic rings. The number of hydrogen-bond acceptors (Lipinski definition) is 8. The van der Waals surface area contributed by atoms with Crippen LogP contribution < -0.4 is 18.9 Å². The van der Waals surface area contributed by atoms with Crippen LogP contribution in [0.3, 0.4) is 0 Å². The van der Waals surface area contributed by atoms with Crippen molar-refractivity contribution in [2.45, 2.75) is 51.7 Å². The third-order valence-corrected chi connectivity index (χ3v) is 9.45. The summed E-state index contributed by atoms with van der Waals surface area (Å²) in [5, 5.41) is 0. The Kier molecular flexibility index (Phi) is 12.2. The zero-order valence-corrected chi connectivity index (χ0v) is 31.6. The van der Waals surface area contributed by atoms with Gasteiger partial charge in [0.05, 0.1) is 0 Å². The molecule has 2 unspecified atom stereocenters. The van der Waals surface area contributed by atoms with Crippen LogP contribution in [0, 0.1) is 0 Å². The number of ether oxygens (including phenoxy) is 4. The lowest BCUT2D eigenvalue weighted by molar-refractivity contribution is -0.142. The molecular formula is C48H42O8. The van der Waals surface area contributed by atoms with Crippen LogP contribution in [0.25, 0.3) is 0 Å². The fourth-order valence-electron chi connectivity index (χ4n) is 6.02. The molecule has 0 bridgehead atoms. The molecule has 0 fully saturated rings. The quantitative estimate of drug-likeness (QED) is 0.0582. The first-order valence-electron chi connectivity index (χ1n) is 18.4. The molecule has 8 nitrogen and oxygen atoms in total. The summed E-state index contributed by atoms with van der Waals surface area (Å²) in [4.78, 5) is 51.3. The van der Waals surface area contributed by atoms with E-state index in [0.29, 0.717) is 51.7 Å². The first-order valence-corrected chi connectivity index (χ1v) is 18.4. The number of ketones is 2. The van der Waals surface area contributed by atoms with E-state index in [4.69, 9.17) is 18.9 Å². The highest BCUT2D eigenvalue weighted by Crippen LogP contribution is 2.34. The fraction of sp³-hybridized carbons (Fsp3) is 0.167. The molecule has 0 spiro atoms. The topological polar surface area (TPSA) is 105 Å². The van der Waals surface area contributed by atoms with E-state index in [0.717, 1.165) is 11.1 Å². The number of carbonyl (C=O) groups excluding carboxylic acids is 4. The van der Waals surface area contributed by atoms with Crippen LogP contribution in [0.5, 0.6) is 23.0 Å². The van der Waals surface area contributed by atoms with E-state index in [2.05, 4.69) is 13.8 Å². The zero-order valence-electron chi connectivity index (χ0n) is 31.6. The summed E-state index contributed by atoms with van der Waals surface area (Å²) in [5.74, 6) is 0.367. The number of hydrogen-bond donors (Lipinski definition) is 0. The van der Waals surface area contributed by atoms with Crippen LogP contribution in [-0.2, 0) is 15.0 Å². The van der Waals surface area contributed by atoms with Gasteiger partial charge in [0.1, 0.15) is 23.0 Å². The summed E-state index contributed by atoms with van der Waals surface area (Å²) >= 11 is 0. The Morgan fingerprint density at radius 1 is 0.464 bits per heavy atom. The minimum atomic E-state index is -0.889. The lowest BCUT2D eigenvalue weighted by Gasteiger charge is -2.27. The highest BCUT2D eigenvalue weighted by Gasteiger charge is 2.26. The van der Waals surface area contributed by atoms with Gasteiger partial charge in [-0.15, -0.1) is 0 Å². The van der Waals surface area contributed by atoms with Crippen molar-refractivity contribution >= 4 is 23.5 Å². The maximum atomic E-state index is 13.0. The second kappa shape index (κ2) is 17.6. The summed E-state index contributed by atoms with van der Waals surface area (Å²) in [6.07, 6.45) is -1.33. The Morgan fingerprint density at radius 3 is 1.27 bits per heavy atom. The number of benzene rings is 6. The summed E-state index contributed by atoms with van der Waals surface area (Å²) in [6, 6.07) is 46.0. The van der Waals surface area contributed by atoms with Gasteiger partial charge in [0.15, 0.2) is 23.8 Å². The molecule has 0 N–H and O–H groups in total. The van der Waals surface area contributed by atoms with Crippen molar-refractivity contribution in [3.63, 3.8) is 0 Å². The normalized spacial score (nSPS) is 12.1. The number of rotatable bonds is 15. The summed E-state index contributed by atoms with van der Waals surface area (Å²) in [7, 11) is 0. The first kappa shape index (κ1) is 38.9. The van der Waals surface area contributed by atoms with Crippen LogP contribution >= 0.6 is 0 Å². The molecule has 282 valence electrons. The highest BCUT2D eigenvalue weighted by molar-refractivity contribution is 6.09. The van der Waals surface area contributed by atoms with E-state index in [9.17, 15) is 19.2 Å². The summed E-state index contributed by atoms with van der Waals surface area (Å²) in [5.41, 5.74) is 3.78. The lowest BCUT2D eigenvalue weighted by atomic mass is 9.78. The molecule has 6 rings (SSSR count). The van der Waals surface area contributed by atoms with Gasteiger partial charge < -0.3 is 18.9 Å². The van der Waals surface area contributed by atoms with E-state index in [1.54, 1.807) is 91.9 Å². The predicted octanol–water partition coefficient (Wildman–Crippen LogP) is 9.61. The Labute approximate surface area is 326 Å². The van der Waals surface area contributed by atoms with Crippen LogP contribution in [0.1, 0.15) is 77.1 Å². The zero-order chi connectivity index (χ0) is 39.7. The standard InChI is InChI=1S/C48H42O8/c1-5-43(47(52)56-41-26-18-36(19-27-41)45(50)34-14-10-7-11-15-34)54-40-28-20-37(21-29-40)48(3,4)38-22-30-42(31-23-38)55-46(51)32(2)53-39-24-16-35(17-25-39)44(49)33-12-8-6-9-13-33/h6-32,43H,5H2,1-4H3. The largest absolute Gasteiger partial charge is 0.479 e. The van der Waals surface area contributed by atoms with E-state index >= 15 is 0 Å². The van der Waals surface area contributed by atoms with Crippen molar-refractivity contribution in [2.24, 2.45) is 0 Å². The second-order valence-electron chi connectivity index (χ2n) is 13.7. The fourth-order valence-corrected chi connectivity index (χ4v) is 6.02. The third kappa shape index (κ3) is 9.46. The Hall–Kier alpha value is -6.80.